The van der Waals surface area contributed by atoms with Crippen LogP contribution < -0.4 is 0 Å². The molecular formula is C12H20IN3O. The lowest BCUT2D eigenvalue weighted by Crippen LogP contribution is -2.19. The highest BCUT2D eigenvalue weighted by molar-refractivity contribution is 14.1. The van der Waals surface area contributed by atoms with Gasteiger partial charge in [-0.1, -0.05) is 6.92 Å². The molecule has 1 aromatic rings. The minimum atomic E-state index is 0.151. The highest BCUT2D eigenvalue weighted by Gasteiger charge is 2.18. The fourth-order valence-corrected chi connectivity index (χ4v) is 2.55. The Bertz CT molecular complexity index is 361. The van der Waals surface area contributed by atoms with Crippen molar-refractivity contribution in [3.05, 3.63) is 15.5 Å². The third-order valence-electron chi connectivity index (χ3n) is 3.19. The first-order valence-electron chi connectivity index (χ1n) is 6.24. The predicted molar refractivity (Wildman–Crippen MR) is 75.8 cm³/mol. The van der Waals surface area contributed by atoms with Gasteiger partial charge in [0.25, 0.3) is 0 Å². The van der Waals surface area contributed by atoms with E-state index in [1.165, 1.54) is 18.4 Å². The summed E-state index contributed by atoms with van der Waals surface area (Å²) in [5.74, 6) is 0. The maximum atomic E-state index is 5.75. The first-order valence-corrected chi connectivity index (χ1v) is 7.32. The molecule has 5 heteroatoms. The van der Waals surface area contributed by atoms with Gasteiger partial charge >= 0.3 is 0 Å². The third kappa shape index (κ3) is 3.42. The minimum Gasteiger partial charge on any atom is -0.357 e. The number of nitrogens with zero attached hydrogens (tertiary/aromatic N) is 3. The molecule has 0 radical (unpaired) electrons. The number of aromatic nitrogens is 2. The van der Waals surface area contributed by atoms with Crippen LogP contribution in [-0.4, -0.2) is 34.9 Å². The zero-order chi connectivity index (χ0) is 12.3. The first kappa shape index (κ1) is 13.3. The van der Waals surface area contributed by atoms with Crippen LogP contribution in [0.15, 0.2) is 6.20 Å². The molecule has 0 bridgehead atoms. The topological polar surface area (TPSA) is 30.3 Å². The van der Waals surface area contributed by atoms with Crippen molar-refractivity contribution in [3.63, 3.8) is 0 Å². The lowest BCUT2D eigenvalue weighted by molar-refractivity contribution is -0.0397. The lowest BCUT2D eigenvalue weighted by Gasteiger charge is -2.22. The maximum absolute atomic E-state index is 5.75. The molecule has 1 atom stereocenters. The van der Waals surface area contributed by atoms with E-state index in [0.29, 0.717) is 0 Å². The second kappa shape index (κ2) is 6.15. The molecule has 0 amide bonds. The largest absolute Gasteiger partial charge is 0.357 e. The fourth-order valence-electron chi connectivity index (χ4n) is 2.00. The maximum Gasteiger partial charge on any atom is 0.150 e. The van der Waals surface area contributed by atoms with Crippen molar-refractivity contribution in [1.82, 2.24) is 14.7 Å². The van der Waals surface area contributed by atoms with Crippen LogP contribution >= 0.6 is 22.6 Å². The van der Waals surface area contributed by atoms with Gasteiger partial charge in [0.05, 0.1) is 0 Å². The molecule has 1 fully saturated rings. The Morgan fingerprint density at radius 1 is 1.59 bits per heavy atom. The Balaban J connectivity index is 2.06. The lowest BCUT2D eigenvalue weighted by atomic mass is 10.2. The van der Waals surface area contributed by atoms with E-state index < -0.39 is 0 Å². The summed E-state index contributed by atoms with van der Waals surface area (Å²) in [6, 6.07) is 0. The van der Waals surface area contributed by atoms with Crippen molar-refractivity contribution < 1.29 is 4.74 Å². The molecular weight excluding hydrogens is 329 g/mol. The van der Waals surface area contributed by atoms with Crippen LogP contribution in [0.5, 0.6) is 0 Å². The molecule has 0 saturated carbocycles. The standard InChI is InChI=1S/C12H20IN3O/c1-3-15(2)8-10-9-16(14-12(10)13)11-6-4-5-7-17-11/h9,11H,3-8H2,1-2H3. The van der Waals surface area contributed by atoms with Gasteiger partial charge < -0.3 is 9.64 Å². The molecule has 0 spiro atoms. The number of hydrogen-bond acceptors (Lipinski definition) is 3. The van der Waals surface area contributed by atoms with Crippen molar-refractivity contribution >= 4 is 22.6 Å². The van der Waals surface area contributed by atoms with Crippen LogP contribution in [0.1, 0.15) is 38.0 Å². The molecule has 1 aliphatic rings. The summed E-state index contributed by atoms with van der Waals surface area (Å²) in [6.07, 6.45) is 5.80. The van der Waals surface area contributed by atoms with E-state index in [4.69, 9.17) is 4.74 Å². The van der Waals surface area contributed by atoms with Crippen LogP contribution in [0.4, 0.5) is 0 Å². The van der Waals surface area contributed by atoms with Crippen molar-refractivity contribution in [1.29, 1.82) is 0 Å². The molecule has 1 aliphatic heterocycles. The van der Waals surface area contributed by atoms with Crippen LogP contribution in [0, 0.1) is 3.70 Å². The summed E-state index contributed by atoms with van der Waals surface area (Å²) in [5, 5.41) is 4.57. The molecule has 0 aromatic carbocycles. The molecule has 1 unspecified atom stereocenters. The Hall–Kier alpha value is -0.140. The van der Waals surface area contributed by atoms with Crippen molar-refractivity contribution in [2.45, 2.75) is 39.0 Å². The Morgan fingerprint density at radius 3 is 3.06 bits per heavy atom. The van der Waals surface area contributed by atoms with Gasteiger partial charge in [0.1, 0.15) is 9.93 Å². The van der Waals surface area contributed by atoms with E-state index >= 15 is 0 Å². The molecule has 4 nitrogen and oxygen atoms in total. The first-order chi connectivity index (χ1) is 8.20. The summed E-state index contributed by atoms with van der Waals surface area (Å²) in [6.45, 7) is 5.05. The average molecular weight is 349 g/mol. The van der Waals surface area contributed by atoms with Gasteiger partial charge in [0.2, 0.25) is 0 Å². The van der Waals surface area contributed by atoms with Gasteiger partial charge in [-0.3, -0.25) is 0 Å². The molecule has 17 heavy (non-hydrogen) atoms. The molecule has 0 aliphatic carbocycles. The van der Waals surface area contributed by atoms with E-state index in [1.807, 2.05) is 4.68 Å². The number of hydrogen-bond donors (Lipinski definition) is 0. The molecule has 1 aromatic heterocycles. The van der Waals surface area contributed by atoms with Crippen LogP contribution in [-0.2, 0) is 11.3 Å². The van der Waals surface area contributed by atoms with Crippen molar-refractivity contribution in [2.75, 3.05) is 20.2 Å². The quantitative estimate of drug-likeness (QED) is 0.783. The summed E-state index contributed by atoms with van der Waals surface area (Å²) >= 11 is 2.31. The smallest absolute Gasteiger partial charge is 0.150 e. The van der Waals surface area contributed by atoms with Gasteiger partial charge in [0.15, 0.2) is 0 Å². The summed E-state index contributed by atoms with van der Waals surface area (Å²) in [5.41, 5.74) is 1.30. The van der Waals surface area contributed by atoms with Gasteiger partial charge in [0, 0.05) is 24.9 Å². The highest BCUT2D eigenvalue weighted by Crippen LogP contribution is 2.23. The number of rotatable bonds is 4. The van der Waals surface area contributed by atoms with Gasteiger partial charge in [-0.2, -0.15) is 5.10 Å². The Morgan fingerprint density at radius 2 is 2.41 bits per heavy atom. The predicted octanol–water partition coefficient (Wildman–Crippen LogP) is 2.64. The Labute approximate surface area is 116 Å². The molecule has 0 N–H and O–H groups in total. The van der Waals surface area contributed by atoms with Gasteiger partial charge in [-0.25, -0.2) is 4.68 Å². The molecule has 1 saturated heterocycles. The van der Waals surface area contributed by atoms with Crippen LogP contribution in [0.2, 0.25) is 0 Å². The van der Waals surface area contributed by atoms with Crippen molar-refractivity contribution in [2.24, 2.45) is 0 Å². The van der Waals surface area contributed by atoms with Crippen LogP contribution in [0.3, 0.4) is 0 Å². The van der Waals surface area contributed by atoms with E-state index in [1.54, 1.807) is 0 Å². The van der Waals surface area contributed by atoms with E-state index in [2.05, 4.69) is 52.8 Å². The summed E-state index contributed by atoms with van der Waals surface area (Å²) < 4.78 is 8.84. The normalized spacial score (nSPS) is 21.1. The number of ether oxygens (including phenoxy) is 1. The minimum absolute atomic E-state index is 0.151. The average Bonchev–Trinajstić information content (AvgIpc) is 2.72. The SMILES string of the molecule is CCN(C)Cc1cn(C2CCCCO2)nc1I. The van der Waals surface area contributed by atoms with Crippen molar-refractivity contribution in [3.8, 4) is 0 Å². The second-order valence-electron chi connectivity index (χ2n) is 4.58. The zero-order valence-corrected chi connectivity index (χ0v) is 12.7. The van der Waals surface area contributed by atoms with Gasteiger partial charge in [-0.15, -0.1) is 0 Å². The zero-order valence-electron chi connectivity index (χ0n) is 10.5. The molecule has 2 rings (SSSR count). The van der Waals surface area contributed by atoms with E-state index in [-0.39, 0.29) is 6.23 Å². The van der Waals surface area contributed by atoms with Crippen LogP contribution in [0.25, 0.3) is 0 Å². The second-order valence-corrected chi connectivity index (χ2v) is 5.60. The summed E-state index contributed by atoms with van der Waals surface area (Å²) in [7, 11) is 2.13. The third-order valence-corrected chi connectivity index (χ3v) is 4.10. The summed E-state index contributed by atoms with van der Waals surface area (Å²) in [4.78, 5) is 2.28. The molecule has 2 heterocycles. The fraction of sp³-hybridized carbons (Fsp3) is 0.750. The highest BCUT2D eigenvalue weighted by atomic mass is 127. The van der Waals surface area contributed by atoms with E-state index in [0.717, 1.165) is 29.8 Å². The number of halogens is 1. The van der Waals surface area contributed by atoms with E-state index in [9.17, 15) is 0 Å². The van der Waals surface area contributed by atoms with Gasteiger partial charge in [-0.05, 0) is 55.4 Å². The Kier molecular flexibility index (Phi) is 4.81. The molecule has 96 valence electrons. The monoisotopic (exact) mass is 349 g/mol.